The molecule has 0 amide bonds. The summed E-state index contributed by atoms with van der Waals surface area (Å²) >= 11 is 6.29. The molecule has 0 radical (unpaired) electrons. The van der Waals surface area contributed by atoms with Crippen molar-refractivity contribution in [2.75, 3.05) is 13.1 Å². The topological polar surface area (TPSA) is 41.9 Å². The fourth-order valence-corrected chi connectivity index (χ4v) is 4.97. The molecule has 2 aromatic rings. The minimum absolute atomic E-state index is 0.220. The van der Waals surface area contributed by atoms with Crippen LogP contribution in [0.15, 0.2) is 42.5 Å². The van der Waals surface area contributed by atoms with Gasteiger partial charge in [-0.1, -0.05) is 35.9 Å². The summed E-state index contributed by atoms with van der Waals surface area (Å²) in [5.41, 5.74) is 1.80. The van der Waals surface area contributed by atoms with Crippen molar-refractivity contribution in [2.45, 2.75) is 45.1 Å². The van der Waals surface area contributed by atoms with Crippen molar-refractivity contribution in [3.8, 4) is 11.5 Å². The molecular weight excluding hydrogens is 412 g/mol. The van der Waals surface area contributed by atoms with E-state index in [1.165, 1.54) is 0 Å². The lowest BCUT2D eigenvalue weighted by atomic mass is 9.78. The Bertz CT molecular complexity index is 881. The largest absolute Gasteiger partial charge is 0.486 e. The third kappa shape index (κ3) is 4.88. The van der Waals surface area contributed by atoms with Crippen LogP contribution < -0.4 is 9.47 Å². The molecule has 2 aromatic carbocycles. The van der Waals surface area contributed by atoms with Gasteiger partial charge in [-0.05, 0) is 55.4 Å². The fraction of sp³-hybridized carbons (Fsp3) is 0.478. The number of hydrogen-bond donors (Lipinski definition) is 1. The van der Waals surface area contributed by atoms with Crippen molar-refractivity contribution in [3.63, 3.8) is 0 Å². The van der Waals surface area contributed by atoms with Gasteiger partial charge in [0, 0.05) is 25.2 Å². The molecule has 2 aliphatic rings. The molecule has 0 aromatic heterocycles. The maximum Gasteiger partial charge on any atom is 0.387 e. The number of aryl methyl sites for hydroxylation is 1. The quantitative estimate of drug-likeness (QED) is 0.698. The number of aliphatic hydroxyl groups is 1. The highest BCUT2D eigenvalue weighted by Crippen LogP contribution is 2.40. The zero-order valence-electron chi connectivity index (χ0n) is 16.8. The van der Waals surface area contributed by atoms with E-state index in [2.05, 4.69) is 9.64 Å². The Morgan fingerprint density at radius 3 is 2.57 bits per heavy atom. The second kappa shape index (κ2) is 9.08. The summed E-state index contributed by atoms with van der Waals surface area (Å²) in [4.78, 5) is 2.25. The normalized spacial score (nSPS) is 26.6. The monoisotopic (exact) mass is 437 g/mol. The Labute approximate surface area is 180 Å². The molecule has 4 atom stereocenters. The van der Waals surface area contributed by atoms with Crippen LogP contribution in [0.1, 0.15) is 24.0 Å². The molecule has 1 N–H and O–H groups in total. The number of nitrogens with zero attached hydrogens (tertiary/aromatic N) is 1. The van der Waals surface area contributed by atoms with Gasteiger partial charge in [0.25, 0.3) is 0 Å². The lowest BCUT2D eigenvalue weighted by Crippen LogP contribution is -2.42. The first-order valence-electron chi connectivity index (χ1n) is 10.2. The van der Waals surface area contributed by atoms with E-state index >= 15 is 0 Å². The number of benzene rings is 2. The highest BCUT2D eigenvalue weighted by atomic mass is 35.5. The van der Waals surface area contributed by atoms with Crippen molar-refractivity contribution < 1.29 is 23.4 Å². The molecule has 0 bridgehead atoms. The number of rotatable bonds is 6. The van der Waals surface area contributed by atoms with Crippen LogP contribution in [-0.2, 0) is 6.54 Å². The molecule has 1 saturated carbocycles. The SMILES string of the molecule is Cc1ccc(O[C@@H]2C[C@@H]3CN(Cc4ccccc4OC(F)F)C[C@@H]3C[C@H]2O)c(Cl)c1. The predicted molar refractivity (Wildman–Crippen MR) is 111 cm³/mol. The summed E-state index contributed by atoms with van der Waals surface area (Å²) in [7, 11) is 0. The molecule has 1 aliphatic carbocycles. The molecule has 1 saturated heterocycles. The van der Waals surface area contributed by atoms with Crippen molar-refractivity contribution in [2.24, 2.45) is 11.8 Å². The second-order valence-corrected chi connectivity index (χ2v) is 8.74. The van der Waals surface area contributed by atoms with Crippen LogP contribution in [0.2, 0.25) is 5.02 Å². The highest BCUT2D eigenvalue weighted by Gasteiger charge is 2.42. The van der Waals surface area contributed by atoms with E-state index in [1.54, 1.807) is 12.1 Å². The Morgan fingerprint density at radius 1 is 1.10 bits per heavy atom. The number of ether oxygens (including phenoxy) is 2. The summed E-state index contributed by atoms with van der Waals surface area (Å²) < 4.78 is 36.1. The van der Waals surface area contributed by atoms with Gasteiger partial charge in [0.05, 0.1) is 11.1 Å². The second-order valence-electron chi connectivity index (χ2n) is 8.33. The molecule has 1 heterocycles. The van der Waals surface area contributed by atoms with E-state index in [1.807, 2.05) is 37.3 Å². The van der Waals surface area contributed by atoms with Crippen molar-refractivity contribution >= 4 is 11.6 Å². The summed E-state index contributed by atoms with van der Waals surface area (Å²) in [5.74, 6) is 1.55. The van der Waals surface area contributed by atoms with Crippen molar-refractivity contribution in [3.05, 3.63) is 58.6 Å². The molecule has 0 spiro atoms. The third-order valence-corrected chi connectivity index (χ3v) is 6.40. The maximum absolute atomic E-state index is 12.7. The third-order valence-electron chi connectivity index (χ3n) is 6.11. The van der Waals surface area contributed by atoms with Crippen LogP contribution in [0.25, 0.3) is 0 Å². The molecule has 0 unspecified atom stereocenters. The summed E-state index contributed by atoms with van der Waals surface area (Å²) in [6.45, 7) is 1.33. The number of aliphatic hydroxyl groups excluding tert-OH is 1. The van der Waals surface area contributed by atoms with E-state index in [0.29, 0.717) is 35.6 Å². The van der Waals surface area contributed by atoms with Gasteiger partial charge in [0.15, 0.2) is 0 Å². The van der Waals surface area contributed by atoms with Gasteiger partial charge >= 0.3 is 6.61 Å². The number of para-hydroxylation sites is 1. The van der Waals surface area contributed by atoms with Gasteiger partial charge in [-0.3, -0.25) is 4.90 Å². The summed E-state index contributed by atoms with van der Waals surface area (Å²) in [5, 5.41) is 11.2. The molecule has 4 rings (SSSR count). The van der Waals surface area contributed by atoms with E-state index in [4.69, 9.17) is 16.3 Å². The van der Waals surface area contributed by atoms with Crippen molar-refractivity contribution in [1.82, 2.24) is 4.90 Å². The average molecular weight is 438 g/mol. The standard InChI is InChI=1S/C23H26ClF2NO3/c1-14-6-7-21(18(24)8-14)29-22-10-17-13-27(12-16(17)9-19(22)28)11-15-4-2-3-5-20(15)30-23(25)26/h2-8,16-17,19,22-23,28H,9-13H2,1H3/t16-,17+,19+,22+/m0/s1. The van der Waals surface area contributed by atoms with Gasteiger partial charge in [0.1, 0.15) is 17.6 Å². The van der Waals surface area contributed by atoms with Gasteiger partial charge < -0.3 is 14.6 Å². The molecule has 2 fully saturated rings. The van der Waals surface area contributed by atoms with Crippen LogP contribution in [0.5, 0.6) is 11.5 Å². The lowest BCUT2D eigenvalue weighted by Gasteiger charge is -2.35. The number of fused-ring (bicyclic) bond motifs is 1. The summed E-state index contributed by atoms with van der Waals surface area (Å²) in [6.07, 6.45) is 0.533. The van der Waals surface area contributed by atoms with Gasteiger partial charge in [-0.15, -0.1) is 0 Å². The smallest absolute Gasteiger partial charge is 0.387 e. The number of likely N-dealkylation sites (tertiary alicyclic amines) is 1. The highest BCUT2D eigenvalue weighted by molar-refractivity contribution is 6.32. The van der Waals surface area contributed by atoms with Gasteiger partial charge in [-0.2, -0.15) is 8.78 Å². The van der Waals surface area contributed by atoms with Gasteiger partial charge in [-0.25, -0.2) is 0 Å². The molecule has 30 heavy (non-hydrogen) atoms. The first-order valence-corrected chi connectivity index (χ1v) is 10.6. The molecular formula is C23H26ClF2NO3. The molecule has 1 aliphatic heterocycles. The Balaban J connectivity index is 1.40. The van der Waals surface area contributed by atoms with E-state index in [-0.39, 0.29) is 11.9 Å². The van der Waals surface area contributed by atoms with Gasteiger partial charge in [0.2, 0.25) is 0 Å². The maximum atomic E-state index is 12.7. The van der Waals surface area contributed by atoms with Crippen LogP contribution in [0, 0.1) is 18.8 Å². The minimum atomic E-state index is -2.84. The zero-order chi connectivity index (χ0) is 21.3. The molecule has 162 valence electrons. The Hall–Kier alpha value is -1.89. The van der Waals surface area contributed by atoms with E-state index < -0.39 is 12.7 Å². The van der Waals surface area contributed by atoms with Crippen LogP contribution in [0.4, 0.5) is 8.78 Å². The Morgan fingerprint density at radius 2 is 1.83 bits per heavy atom. The number of halogens is 3. The zero-order valence-corrected chi connectivity index (χ0v) is 17.6. The lowest BCUT2D eigenvalue weighted by molar-refractivity contribution is -0.0507. The molecule has 4 nitrogen and oxygen atoms in total. The van der Waals surface area contributed by atoms with Crippen LogP contribution in [0.3, 0.4) is 0 Å². The fourth-order valence-electron chi connectivity index (χ4n) is 4.69. The van der Waals surface area contributed by atoms with Crippen molar-refractivity contribution in [1.29, 1.82) is 0 Å². The summed E-state index contributed by atoms with van der Waals surface area (Å²) in [6, 6.07) is 12.6. The predicted octanol–water partition coefficient (Wildman–Crippen LogP) is 4.90. The average Bonchev–Trinajstić information content (AvgIpc) is 3.06. The number of hydrogen-bond acceptors (Lipinski definition) is 4. The number of alkyl halides is 2. The Kier molecular flexibility index (Phi) is 6.46. The minimum Gasteiger partial charge on any atom is -0.486 e. The van der Waals surface area contributed by atoms with Crippen LogP contribution in [-0.4, -0.2) is 41.9 Å². The first kappa shape index (κ1) is 21.3. The first-order chi connectivity index (χ1) is 14.4. The van der Waals surface area contributed by atoms with E-state index in [0.717, 1.165) is 30.6 Å². The van der Waals surface area contributed by atoms with Crippen LogP contribution >= 0.6 is 11.6 Å². The van der Waals surface area contributed by atoms with E-state index in [9.17, 15) is 13.9 Å². The molecule has 7 heteroatoms.